The van der Waals surface area contributed by atoms with E-state index in [0.717, 1.165) is 23.9 Å². The van der Waals surface area contributed by atoms with Crippen molar-refractivity contribution >= 4 is 23.3 Å². The SMILES string of the molecule is CCN1c2ccc(F)cc2C[C@@H]1COc1cc(C)c(C(=O)Nc2cc(CC(=O)O)ccc2F)c(C)c1. The van der Waals surface area contributed by atoms with Crippen molar-refractivity contribution in [2.24, 2.45) is 0 Å². The van der Waals surface area contributed by atoms with Crippen LogP contribution >= 0.6 is 0 Å². The van der Waals surface area contributed by atoms with E-state index >= 15 is 0 Å². The van der Waals surface area contributed by atoms with Gasteiger partial charge in [0.2, 0.25) is 0 Å². The maximum atomic E-state index is 14.3. The van der Waals surface area contributed by atoms with Gasteiger partial charge in [-0.2, -0.15) is 0 Å². The van der Waals surface area contributed by atoms with Crippen LogP contribution in [0.1, 0.15) is 39.5 Å². The van der Waals surface area contributed by atoms with E-state index in [1.54, 1.807) is 38.1 Å². The molecule has 1 atom stereocenters. The summed E-state index contributed by atoms with van der Waals surface area (Å²) in [4.78, 5) is 26.1. The Morgan fingerprint density at radius 1 is 1.08 bits per heavy atom. The number of hydrogen-bond acceptors (Lipinski definition) is 4. The number of nitrogens with zero attached hydrogens (tertiary/aromatic N) is 1. The number of benzene rings is 3. The van der Waals surface area contributed by atoms with Crippen LogP contribution in [0.3, 0.4) is 0 Å². The largest absolute Gasteiger partial charge is 0.491 e. The Hall–Kier alpha value is -3.94. The highest BCUT2D eigenvalue weighted by Crippen LogP contribution is 2.33. The van der Waals surface area contributed by atoms with E-state index < -0.39 is 17.7 Å². The molecule has 2 N–H and O–H groups in total. The Kier molecular flexibility index (Phi) is 7.24. The Morgan fingerprint density at radius 3 is 2.47 bits per heavy atom. The molecule has 0 radical (unpaired) electrons. The van der Waals surface area contributed by atoms with Crippen molar-refractivity contribution in [3.8, 4) is 5.75 Å². The predicted molar refractivity (Wildman–Crippen MR) is 134 cm³/mol. The first-order valence-corrected chi connectivity index (χ1v) is 11.8. The molecule has 1 aliphatic rings. The van der Waals surface area contributed by atoms with Crippen molar-refractivity contribution in [3.63, 3.8) is 0 Å². The summed E-state index contributed by atoms with van der Waals surface area (Å²) in [7, 11) is 0. The van der Waals surface area contributed by atoms with Crippen molar-refractivity contribution in [3.05, 3.63) is 88.0 Å². The first kappa shape index (κ1) is 25.2. The Labute approximate surface area is 208 Å². The van der Waals surface area contributed by atoms with Crippen LogP contribution in [0, 0.1) is 25.5 Å². The molecule has 8 heteroatoms. The molecule has 0 bridgehead atoms. The van der Waals surface area contributed by atoms with Gasteiger partial charge in [-0.3, -0.25) is 9.59 Å². The number of carboxylic acids is 1. The average molecular weight is 495 g/mol. The molecule has 1 aliphatic heterocycles. The Morgan fingerprint density at radius 2 is 1.81 bits per heavy atom. The lowest BCUT2D eigenvalue weighted by Gasteiger charge is -2.26. The number of likely N-dealkylation sites (N-methyl/N-ethyl adjacent to an activating group) is 1. The number of nitrogens with one attached hydrogen (secondary N) is 1. The minimum absolute atomic E-state index is 0.0661. The quantitative estimate of drug-likeness (QED) is 0.445. The maximum absolute atomic E-state index is 14.3. The summed E-state index contributed by atoms with van der Waals surface area (Å²) in [6.07, 6.45) is 0.412. The van der Waals surface area contributed by atoms with Gasteiger partial charge >= 0.3 is 5.97 Å². The number of carbonyl (C=O) groups is 2. The summed E-state index contributed by atoms with van der Waals surface area (Å²) >= 11 is 0. The van der Waals surface area contributed by atoms with E-state index in [-0.39, 0.29) is 24.0 Å². The van der Waals surface area contributed by atoms with Gasteiger partial charge in [0.25, 0.3) is 5.91 Å². The Bertz CT molecular complexity index is 1300. The summed E-state index contributed by atoms with van der Waals surface area (Å²) in [5, 5.41) is 11.5. The van der Waals surface area contributed by atoms with E-state index in [1.165, 1.54) is 18.2 Å². The lowest BCUT2D eigenvalue weighted by Crippen LogP contribution is -2.36. The number of halogens is 2. The van der Waals surface area contributed by atoms with Crippen LogP contribution in [0.25, 0.3) is 0 Å². The summed E-state index contributed by atoms with van der Waals surface area (Å²) in [5.41, 5.74) is 4.01. The minimum Gasteiger partial charge on any atom is -0.491 e. The highest BCUT2D eigenvalue weighted by atomic mass is 19.1. The van der Waals surface area contributed by atoms with Crippen molar-refractivity contribution in [2.45, 2.75) is 39.7 Å². The monoisotopic (exact) mass is 494 g/mol. The number of anilines is 2. The van der Waals surface area contributed by atoms with Crippen LogP contribution in [0.4, 0.5) is 20.2 Å². The molecule has 4 rings (SSSR count). The number of aliphatic carboxylic acids is 1. The van der Waals surface area contributed by atoms with E-state index in [4.69, 9.17) is 9.84 Å². The zero-order valence-corrected chi connectivity index (χ0v) is 20.4. The van der Waals surface area contributed by atoms with Crippen LogP contribution in [-0.4, -0.2) is 36.2 Å². The number of hydrogen-bond donors (Lipinski definition) is 2. The second-order valence-corrected chi connectivity index (χ2v) is 9.00. The summed E-state index contributed by atoms with van der Waals surface area (Å²) < 4.78 is 34.0. The van der Waals surface area contributed by atoms with Gasteiger partial charge in [0.15, 0.2) is 0 Å². The number of amides is 1. The number of carbonyl (C=O) groups excluding carboxylic acids is 1. The third kappa shape index (κ3) is 5.32. The summed E-state index contributed by atoms with van der Waals surface area (Å²) in [6, 6.07) is 12.3. The molecular weight excluding hydrogens is 466 g/mol. The highest BCUT2D eigenvalue weighted by Gasteiger charge is 2.29. The number of rotatable bonds is 8. The number of carboxylic acid groups (broad SMARTS) is 1. The smallest absolute Gasteiger partial charge is 0.307 e. The fraction of sp³-hybridized carbons (Fsp3) is 0.286. The average Bonchev–Trinajstić information content (AvgIpc) is 3.15. The third-order valence-corrected chi connectivity index (χ3v) is 6.40. The van der Waals surface area contributed by atoms with Gasteiger partial charge in [-0.15, -0.1) is 0 Å². The second-order valence-electron chi connectivity index (χ2n) is 9.00. The Balaban J connectivity index is 1.47. The normalized spacial score (nSPS) is 14.5. The molecule has 3 aromatic rings. The molecule has 0 unspecified atom stereocenters. The number of fused-ring (bicyclic) bond motifs is 1. The van der Waals surface area contributed by atoms with Crippen molar-refractivity contribution in [1.29, 1.82) is 0 Å². The van der Waals surface area contributed by atoms with Crippen LogP contribution in [-0.2, 0) is 17.6 Å². The van der Waals surface area contributed by atoms with Gasteiger partial charge < -0.3 is 20.1 Å². The first-order chi connectivity index (χ1) is 17.2. The molecule has 0 spiro atoms. The maximum Gasteiger partial charge on any atom is 0.307 e. The van der Waals surface area contributed by atoms with Crippen LogP contribution < -0.4 is 15.0 Å². The topological polar surface area (TPSA) is 78.9 Å². The fourth-order valence-corrected chi connectivity index (χ4v) is 4.83. The molecular formula is C28H28F2N2O4. The van der Waals surface area contributed by atoms with E-state index in [2.05, 4.69) is 10.2 Å². The van der Waals surface area contributed by atoms with E-state index in [9.17, 15) is 18.4 Å². The van der Waals surface area contributed by atoms with Gasteiger partial charge in [-0.25, -0.2) is 8.78 Å². The first-order valence-electron chi connectivity index (χ1n) is 11.8. The molecule has 36 heavy (non-hydrogen) atoms. The summed E-state index contributed by atoms with van der Waals surface area (Å²) in [6.45, 7) is 6.77. The number of ether oxygens (including phenoxy) is 1. The zero-order valence-electron chi connectivity index (χ0n) is 20.4. The van der Waals surface area contributed by atoms with E-state index in [0.29, 0.717) is 41.0 Å². The van der Waals surface area contributed by atoms with Crippen LogP contribution in [0.5, 0.6) is 5.75 Å². The standard InChI is InChI=1S/C28H28F2N2O4/c1-4-32-21(14-19-13-20(29)6-8-25(19)32)15-36-22-9-16(2)27(17(3)10-22)28(35)31-24-11-18(12-26(33)34)5-7-23(24)30/h5-11,13,21H,4,12,14-15H2,1-3H3,(H,31,35)(H,33,34)/t21-/m1/s1. The van der Waals surface area contributed by atoms with Gasteiger partial charge in [-0.1, -0.05) is 6.07 Å². The zero-order chi connectivity index (χ0) is 26.0. The molecule has 0 saturated carbocycles. The lowest BCUT2D eigenvalue weighted by atomic mass is 10.0. The van der Waals surface area contributed by atoms with Gasteiger partial charge in [0.05, 0.1) is 18.2 Å². The van der Waals surface area contributed by atoms with E-state index in [1.807, 2.05) is 6.92 Å². The van der Waals surface area contributed by atoms with Crippen LogP contribution in [0.15, 0.2) is 48.5 Å². The molecule has 0 aliphatic carbocycles. The van der Waals surface area contributed by atoms with Gasteiger partial charge in [0, 0.05) is 17.8 Å². The molecule has 0 aromatic heterocycles. The molecule has 1 amide bonds. The number of aryl methyl sites for hydroxylation is 2. The molecule has 3 aromatic carbocycles. The molecule has 1 heterocycles. The van der Waals surface area contributed by atoms with Crippen LogP contribution in [0.2, 0.25) is 0 Å². The predicted octanol–water partition coefficient (Wildman–Crippen LogP) is 5.29. The van der Waals surface area contributed by atoms with Gasteiger partial charge in [0.1, 0.15) is 24.0 Å². The second kappa shape index (κ2) is 10.4. The van der Waals surface area contributed by atoms with Crippen molar-refractivity contribution in [2.75, 3.05) is 23.4 Å². The molecule has 6 nitrogen and oxygen atoms in total. The molecule has 0 fully saturated rings. The molecule has 0 saturated heterocycles. The third-order valence-electron chi connectivity index (χ3n) is 6.40. The minimum atomic E-state index is -1.04. The van der Waals surface area contributed by atoms with Crippen molar-refractivity contribution in [1.82, 2.24) is 0 Å². The molecule has 188 valence electrons. The highest BCUT2D eigenvalue weighted by molar-refractivity contribution is 6.06. The van der Waals surface area contributed by atoms with Gasteiger partial charge in [-0.05, 0) is 91.9 Å². The lowest BCUT2D eigenvalue weighted by molar-refractivity contribution is -0.136. The summed E-state index contributed by atoms with van der Waals surface area (Å²) in [5.74, 6) is -1.83. The van der Waals surface area contributed by atoms with Crippen molar-refractivity contribution < 1.29 is 28.2 Å². The fourth-order valence-electron chi connectivity index (χ4n) is 4.83.